The molecule has 86 valence electrons. The van der Waals surface area contributed by atoms with Gasteiger partial charge in [-0.1, -0.05) is 30.3 Å². The average molecular weight is 235 g/mol. The van der Waals surface area contributed by atoms with Gasteiger partial charge in [0.15, 0.2) is 0 Å². The second-order valence-corrected chi connectivity index (χ2v) is 8.98. The van der Waals surface area contributed by atoms with Crippen LogP contribution in [0.4, 0.5) is 0 Å². The molecule has 0 bridgehead atoms. The molecule has 0 amide bonds. The van der Waals surface area contributed by atoms with E-state index >= 15 is 0 Å². The lowest BCUT2D eigenvalue weighted by Crippen LogP contribution is -2.24. The minimum absolute atomic E-state index is 0.0844. The van der Waals surface area contributed by atoms with Gasteiger partial charge in [0.05, 0.1) is 0 Å². The third-order valence-electron chi connectivity index (χ3n) is 1.82. The Kier molecular flexibility index (Phi) is 4.01. The number of nitrogens with zero attached hydrogens (tertiary/aromatic N) is 1. The summed E-state index contributed by atoms with van der Waals surface area (Å²) in [6, 6.07) is 9.09. The van der Waals surface area contributed by atoms with E-state index in [1.54, 1.807) is 19.1 Å². The topological polar surface area (TPSA) is 38.7 Å². The molecule has 0 aromatic heterocycles. The summed E-state index contributed by atoms with van der Waals surface area (Å²) in [5.41, 5.74) is 1.04. The van der Waals surface area contributed by atoms with E-state index in [4.69, 9.17) is 4.53 Å². The maximum atomic E-state index is 11.9. The minimum atomic E-state index is -1.71. The molecule has 4 heteroatoms. The van der Waals surface area contributed by atoms with Crippen LogP contribution >= 0.6 is 0 Å². The Hall–Kier alpha value is -1.42. The highest BCUT2D eigenvalue weighted by atomic mass is 28.4. The Morgan fingerprint density at radius 3 is 2.25 bits per heavy atom. The van der Waals surface area contributed by atoms with Crippen LogP contribution in [-0.2, 0) is 4.53 Å². The van der Waals surface area contributed by atoms with Crippen LogP contribution < -0.4 is 0 Å². The zero-order chi connectivity index (χ0) is 12.2. The number of oxime groups is 1. The SMILES string of the molecule is C/C(=N\O[Si](C)(C)C)C(=O)c1ccccc1. The molecule has 1 aromatic carbocycles. The lowest BCUT2D eigenvalue weighted by Gasteiger charge is -2.13. The maximum Gasteiger partial charge on any atom is 0.278 e. The summed E-state index contributed by atoms with van der Waals surface area (Å²) in [6.07, 6.45) is 0. The third-order valence-corrected chi connectivity index (χ3v) is 2.46. The van der Waals surface area contributed by atoms with E-state index in [2.05, 4.69) is 5.16 Å². The van der Waals surface area contributed by atoms with Gasteiger partial charge in [0, 0.05) is 5.56 Å². The number of benzene rings is 1. The first-order valence-electron chi connectivity index (χ1n) is 5.23. The van der Waals surface area contributed by atoms with E-state index in [1.165, 1.54) is 0 Å². The standard InChI is InChI=1S/C12H17NO2Si/c1-10(13-15-16(2,3)4)12(14)11-8-6-5-7-9-11/h5-9H,1-4H3/b13-10+. The van der Waals surface area contributed by atoms with Crippen molar-refractivity contribution in [2.24, 2.45) is 5.16 Å². The van der Waals surface area contributed by atoms with Crippen LogP contribution in [0.1, 0.15) is 17.3 Å². The molecule has 0 saturated carbocycles. The highest BCUT2D eigenvalue weighted by Crippen LogP contribution is 2.06. The van der Waals surface area contributed by atoms with Crippen LogP contribution in [-0.4, -0.2) is 19.8 Å². The van der Waals surface area contributed by atoms with Crippen molar-refractivity contribution in [1.29, 1.82) is 0 Å². The number of hydrogen-bond acceptors (Lipinski definition) is 3. The molecule has 3 nitrogen and oxygen atoms in total. The number of carbonyl (C=O) groups excluding carboxylic acids is 1. The van der Waals surface area contributed by atoms with Crippen LogP contribution in [0, 0.1) is 0 Å². The first-order valence-corrected chi connectivity index (χ1v) is 8.63. The van der Waals surface area contributed by atoms with E-state index in [1.807, 2.05) is 37.8 Å². The van der Waals surface area contributed by atoms with Crippen LogP contribution in [0.2, 0.25) is 19.6 Å². The van der Waals surface area contributed by atoms with E-state index < -0.39 is 8.32 Å². The second kappa shape index (κ2) is 5.07. The number of ketones is 1. The molecular weight excluding hydrogens is 218 g/mol. The molecule has 0 fully saturated rings. The van der Waals surface area contributed by atoms with Gasteiger partial charge < -0.3 is 4.53 Å². The van der Waals surface area contributed by atoms with E-state index in [0.29, 0.717) is 11.3 Å². The zero-order valence-corrected chi connectivity index (χ0v) is 11.2. The second-order valence-electron chi connectivity index (χ2n) is 4.58. The monoisotopic (exact) mass is 235 g/mol. The summed E-state index contributed by atoms with van der Waals surface area (Å²) in [5, 5.41) is 3.90. The predicted molar refractivity (Wildman–Crippen MR) is 68.3 cm³/mol. The predicted octanol–water partition coefficient (Wildman–Crippen LogP) is 3.10. The summed E-state index contributed by atoms with van der Waals surface area (Å²) >= 11 is 0. The molecular formula is C12H17NO2Si. The minimum Gasteiger partial charge on any atom is -0.455 e. The van der Waals surface area contributed by atoms with Crippen LogP contribution in [0.5, 0.6) is 0 Å². The van der Waals surface area contributed by atoms with Gasteiger partial charge in [-0.3, -0.25) is 4.79 Å². The smallest absolute Gasteiger partial charge is 0.278 e. The Morgan fingerprint density at radius 1 is 1.19 bits per heavy atom. The largest absolute Gasteiger partial charge is 0.455 e. The van der Waals surface area contributed by atoms with Gasteiger partial charge in [-0.25, -0.2) is 0 Å². The zero-order valence-electron chi connectivity index (χ0n) is 10.2. The highest BCUT2D eigenvalue weighted by molar-refractivity contribution is 6.69. The Balaban J connectivity index is 2.76. The van der Waals surface area contributed by atoms with Gasteiger partial charge in [0.25, 0.3) is 8.32 Å². The molecule has 0 heterocycles. The summed E-state index contributed by atoms with van der Waals surface area (Å²) in [7, 11) is -1.71. The van der Waals surface area contributed by atoms with Gasteiger partial charge in [-0.05, 0) is 26.6 Å². The van der Waals surface area contributed by atoms with Crippen molar-refractivity contribution in [2.75, 3.05) is 0 Å². The quantitative estimate of drug-likeness (QED) is 0.348. The Bertz CT molecular complexity index is 393. The molecule has 0 aliphatic carbocycles. The first kappa shape index (κ1) is 12.6. The average Bonchev–Trinajstić information content (AvgIpc) is 2.25. The van der Waals surface area contributed by atoms with Crippen molar-refractivity contribution in [1.82, 2.24) is 0 Å². The van der Waals surface area contributed by atoms with Gasteiger partial charge in [-0.2, -0.15) is 0 Å². The van der Waals surface area contributed by atoms with Crippen molar-refractivity contribution in [3.63, 3.8) is 0 Å². The fourth-order valence-electron chi connectivity index (χ4n) is 1.05. The van der Waals surface area contributed by atoms with Crippen molar-refractivity contribution < 1.29 is 9.32 Å². The van der Waals surface area contributed by atoms with E-state index in [9.17, 15) is 4.79 Å². The van der Waals surface area contributed by atoms with Crippen molar-refractivity contribution in [3.8, 4) is 0 Å². The molecule has 0 aliphatic rings. The fraction of sp³-hybridized carbons (Fsp3) is 0.333. The molecule has 1 rings (SSSR count). The number of carbonyl (C=O) groups is 1. The van der Waals surface area contributed by atoms with Crippen molar-refractivity contribution in [3.05, 3.63) is 35.9 Å². The fourth-order valence-corrected chi connectivity index (χ4v) is 1.46. The first-order chi connectivity index (χ1) is 7.40. The molecule has 16 heavy (non-hydrogen) atoms. The highest BCUT2D eigenvalue weighted by Gasteiger charge is 2.17. The van der Waals surface area contributed by atoms with Crippen molar-refractivity contribution in [2.45, 2.75) is 26.6 Å². The molecule has 0 aliphatic heterocycles. The van der Waals surface area contributed by atoms with E-state index in [0.717, 1.165) is 0 Å². The summed E-state index contributed by atoms with van der Waals surface area (Å²) in [4.78, 5) is 11.9. The lowest BCUT2D eigenvalue weighted by atomic mass is 10.1. The summed E-state index contributed by atoms with van der Waals surface area (Å²) in [6.45, 7) is 7.75. The van der Waals surface area contributed by atoms with Crippen LogP contribution in [0.25, 0.3) is 0 Å². The van der Waals surface area contributed by atoms with Gasteiger partial charge >= 0.3 is 0 Å². The van der Waals surface area contributed by atoms with Crippen LogP contribution in [0.15, 0.2) is 35.5 Å². The van der Waals surface area contributed by atoms with Crippen LogP contribution in [0.3, 0.4) is 0 Å². The van der Waals surface area contributed by atoms with Gasteiger partial charge in [0.1, 0.15) is 5.71 Å². The van der Waals surface area contributed by atoms with Crippen molar-refractivity contribution >= 4 is 19.8 Å². The molecule has 0 radical (unpaired) electrons. The Morgan fingerprint density at radius 2 is 1.75 bits per heavy atom. The Labute approximate surface area is 97.2 Å². The molecule has 0 unspecified atom stereocenters. The summed E-state index contributed by atoms with van der Waals surface area (Å²) in [5.74, 6) is -0.0844. The normalized spacial score (nSPS) is 12.4. The third kappa shape index (κ3) is 3.98. The molecule has 0 spiro atoms. The molecule has 0 saturated heterocycles. The maximum absolute atomic E-state index is 11.9. The number of rotatable bonds is 4. The van der Waals surface area contributed by atoms with E-state index in [-0.39, 0.29) is 5.78 Å². The van der Waals surface area contributed by atoms with Gasteiger partial charge in [0.2, 0.25) is 5.78 Å². The molecule has 0 N–H and O–H groups in total. The van der Waals surface area contributed by atoms with Gasteiger partial charge in [-0.15, -0.1) is 5.16 Å². The number of Topliss-reactive ketones (excluding diaryl/α,β-unsaturated/α-hetero) is 1. The summed E-state index contributed by atoms with van der Waals surface area (Å²) < 4.78 is 5.34. The lowest BCUT2D eigenvalue weighted by molar-refractivity contribution is 0.106. The number of hydrogen-bond donors (Lipinski definition) is 0. The molecule has 0 atom stereocenters. The molecule has 1 aromatic rings.